The van der Waals surface area contributed by atoms with Gasteiger partial charge in [0.2, 0.25) is 5.91 Å². The Kier molecular flexibility index (Phi) is 6.01. The van der Waals surface area contributed by atoms with E-state index in [-0.39, 0.29) is 17.2 Å². The zero-order valence-electron chi connectivity index (χ0n) is 14.2. The van der Waals surface area contributed by atoms with Crippen LogP contribution in [0.15, 0.2) is 38.3 Å². The summed E-state index contributed by atoms with van der Waals surface area (Å²) in [4.78, 5) is 14.4. The Morgan fingerprint density at radius 1 is 1.31 bits per heavy atom. The number of sulfonamides is 1. The topological polar surface area (TPSA) is 75.7 Å². The molecule has 1 saturated heterocycles. The van der Waals surface area contributed by atoms with Crippen LogP contribution in [0.5, 0.6) is 0 Å². The maximum absolute atomic E-state index is 12.7. The van der Waals surface area contributed by atoms with E-state index in [4.69, 9.17) is 4.74 Å². The van der Waals surface area contributed by atoms with Gasteiger partial charge in [0.15, 0.2) is 0 Å². The van der Waals surface area contributed by atoms with Crippen molar-refractivity contribution < 1.29 is 17.9 Å². The van der Waals surface area contributed by atoms with Crippen molar-refractivity contribution in [3.8, 4) is 0 Å². The van der Waals surface area contributed by atoms with E-state index in [0.29, 0.717) is 43.1 Å². The second-order valence-electron chi connectivity index (χ2n) is 6.00. The summed E-state index contributed by atoms with van der Waals surface area (Å²) in [5.74, 6) is -0.0213. The zero-order chi connectivity index (χ0) is 18.7. The van der Waals surface area contributed by atoms with Crippen molar-refractivity contribution in [3.63, 3.8) is 0 Å². The zero-order valence-corrected chi connectivity index (χ0v) is 17.4. The number of carbonyl (C=O) groups is 1. The van der Waals surface area contributed by atoms with Gasteiger partial charge in [-0.25, -0.2) is 8.42 Å². The molecule has 26 heavy (non-hydrogen) atoms. The van der Waals surface area contributed by atoms with Gasteiger partial charge in [0, 0.05) is 22.9 Å². The molecule has 0 spiro atoms. The third-order valence-corrected chi connectivity index (χ3v) is 6.93. The summed E-state index contributed by atoms with van der Waals surface area (Å²) in [5, 5.41) is 3.53. The first-order valence-electron chi connectivity index (χ1n) is 8.06. The lowest BCUT2D eigenvalue weighted by molar-refractivity contribution is -0.134. The minimum atomic E-state index is -3.72. The van der Waals surface area contributed by atoms with E-state index < -0.39 is 10.0 Å². The Hall–Kier alpha value is -1.42. The predicted octanol–water partition coefficient (Wildman–Crippen LogP) is 3.02. The number of benzene rings is 1. The molecule has 0 aliphatic carbocycles. The summed E-state index contributed by atoms with van der Waals surface area (Å²) in [6, 6.07) is 5.01. The Balaban J connectivity index is 1.76. The lowest BCUT2D eigenvalue weighted by Crippen LogP contribution is -2.41. The van der Waals surface area contributed by atoms with Crippen LogP contribution in [0.25, 0.3) is 0 Å². The van der Waals surface area contributed by atoms with Crippen molar-refractivity contribution in [2.75, 3.05) is 31.0 Å². The molecule has 0 unspecified atom stereocenters. The Morgan fingerprint density at radius 2 is 2.04 bits per heavy atom. The molecule has 1 fully saturated rings. The summed E-state index contributed by atoms with van der Waals surface area (Å²) >= 11 is 4.70. The highest BCUT2D eigenvalue weighted by atomic mass is 79.9. The van der Waals surface area contributed by atoms with Gasteiger partial charge in [-0.2, -0.15) is 0 Å². The molecule has 3 rings (SSSR count). The second-order valence-corrected chi connectivity index (χ2v) is 9.31. The molecule has 0 bridgehead atoms. The first-order valence-corrected chi connectivity index (χ1v) is 11.3. The van der Waals surface area contributed by atoms with Gasteiger partial charge in [0.1, 0.15) is 0 Å². The van der Waals surface area contributed by atoms with Crippen LogP contribution in [0.3, 0.4) is 0 Å². The molecule has 0 atom stereocenters. The number of morpholine rings is 1. The van der Waals surface area contributed by atoms with Crippen molar-refractivity contribution in [3.05, 3.63) is 44.6 Å². The maximum Gasteiger partial charge on any atom is 0.262 e. The highest BCUT2D eigenvalue weighted by Crippen LogP contribution is 2.27. The molecule has 1 aromatic heterocycles. The molecule has 6 nitrogen and oxygen atoms in total. The number of nitrogens with one attached hydrogen (secondary N) is 1. The van der Waals surface area contributed by atoms with Gasteiger partial charge in [0.05, 0.1) is 30.2 Å². The number of hydrogen-bond donors (Lipinski definition) is 1. The van der Waals surface area contributed by atoms with Crippen LogP contribution < -0.4 is 4.72 Å². The predicted molar refractivity (Wildman–Crippen MR) is 105 cm³/mol. The Bertz CT molecular complexity index is 905. The molecule has 1 aromatic carbocycles. The molecule has 1 amide bonds. The third kappa shape index (κ3) is 4.46. The average molecular weight is 459 g/mol. The lowest BCUT2D eigenvalue weighted by Gasteiger charge is -2.26. The van der Waals surface area contributed by atoms with Crippen molar-refractivity contribution in [1.29, 1.82) is 0 Å². The molecule has 0 radical (unpaired) electrons. The number of rotatable bonds is 5. The van der Waals surface area contributed by atoms with E-state index in [1.54, 1.807) is 35.4 Å². The fourth-order valence-electron chi connectivity index (χ4n) is 2.75. The SMILES string of the molecule is Cc1cc(Br)ccc1S(=O)(=O)Nc1cscc1CC(=O)N1CCOCC1. The molecular formula is C17H19BrN2O4S2. The van der Waals surface area contributed by atoms with E-state index in [1.165, 1.54) is 11.3 Å². The van der Waals surface area contributed by atoms with E-state index in [9.17, 15) is 13.2 Å². The number of aryl methyl sites for hydroxylation is 1. The van der Waals surface area contributed by atoms with E-state index in [0.717, 1.165) is 4.47 Å². The summed E-state index contributed by atoms with van der Waals surface area (Å²) in [6.07, 6.45) is 0.167. The first kappa shape index (κ1) is 19.3. The number of ether oxygens (including phenoxy) is 1. The highest BCUT2D eigenvalue weighted by molar-refractivity contribution is 9.10. The quantitative estimate of drug-likeness (QED) is 0.746. The van der Waals surface area contributed by atoms with Gasteiger partial charge in [-0.15, -0.1) is 11.3 Å². The Morgan fingerprint density at radius 3 is 2.73 bits per heavy atom. The Labute approximate surface area is 165 Å². The summed E-state index contributed by atoms with van der Waals surface area (Å²) in [6.45, 7) is 3.97. The lowest BCUT2D eigenvalue weighted by atomic mass is 10.2. The van der Waals surface area contributed by atoms with Crippen LogP contribution in [0.1, 0.15) is 11.1 Å². The van der Waals surface area contributed by atoms with E-state index in [1.807, 2.05) is 5.38 Å². The van der Waals surface area contributed by atoms with Crippen LogP contribution in [0, 0.1) is 6.92 Å². The van der Waals surface area contributed by atoms with Gasteiger partial charge in [-0.3, -0.25) is 9.52 Å². The van der Waals surface area contributed by atoms with Crippen LogP contribution in [-0.4, -0.2) is 45.5 Å². The van der Waals surface area contributed by atoms with Crippen molar-refractivity contribution in [2.45, 2.75) is 18.2 Å². The van der Waals surface area contributed by atoms with Gasteiger partial charge in [-0.1, -0.05) is 15.9 Å². The first-order chi connectivity index (χ1) is 12.4. The van der Waals surface area contributed by atoms with Gasteiger partial charge >= 0.3 is 0 Å². The van der Waals surface area contributed by atoms with Gasteiger partial charge in [-0.05, 0) is 41.6 Å². The monoisotopic (exact) mass is 458 g/mol. The summed E-state index contributed by atoms with van der Waals surface area (Å²) in [7, 11) is -3.72. The molecular weight excluding hydrogens is 440 g/mol. The number of amides is 1. The second kappa shape index (κ2) is 8.08. The fraction of sp³-hybridized carbons (Fsp3) is 0.353. The normalized spacial score (nSPS) is 15.1. The van der Waals surface area contributed by atoms with E-state index >= 15 is 0 Å². The number of carbonyl (C=O) groups excluding carboxylic acids is 1. The number of thiophene rings is 1. The van der Waals surface area contributed by atoms with Crippen LogP contribution in [0.2, 0.25) is 0 Å². The minimum absolute atomic E-state index is 0.0213. The molecule has 1 aliphatic rings. The molecule has 140 valence electrons. The van der Waals surface area contributed by atoms with Crippen molar-refractivity contribution >= 4 is 48.9 Å². The number of anilines is 1. The molecule has 1 aliphatic heterocycles. The van der Waals surface area contributed by atoms with Crippen LogP contribution in [0.4, 0.5) is 5.69 Å². The highest BCUT2D eigenvalue weighted by Gasteiger charge is 2.22. The standard InChI is InChI=1S/C17H19BrN2O4S2/c1-12-8-14(18)2-3-16(12)26(22,23)19-15-11-25-10-13(15)9-17(21)20-4-6-24-7-5-20/h2-3,8,10-11,19H,4-7,9H2,1H3. The van der Waals surface area contributed by atoms with Crippen molar-refractivity contribution in [2.24, 2.45) is 0 Å². The molecule has 9 heteroatoms. The maximum atomic E-state index is 12.7. The number of halogens is 1. The van der Waals surface area contributed by atoms with Gasteiger partial charge < -0.3 is 9.64 Å². The minimum Gasteiger partial charge on any atom is -0.378 e. The molecule has 1 N–H and O–H groups in total. The molecule has 2 heterocycles. The van der Waals surface area contributed by atoms with E-state index in [2.05, 4.69) is 20.7 Å². The summed E-state index contributed by atoms with van der Waals surface area (Å²) in [5.41, 5.74) is 1.79. The number of nitrogens with zero attached hydrogens (tertiary/aromatic N) is 1. The van der Waals surface area contributed by atoms with Gasteiger partial charge in [0.25, 0.3) is 10.0 Å². The average Bonchev–Trinajstić information content (AvgIpc) is 3.01. The molecule has 0 saturated carbocycles. The molecule has 2 aromatic rings. The smallest absolute Gasteiger partial charge is 0.262 e. The number of hydrogen-bond acceptors (Lipinski definition) is 5. The fourth-order valence-corrected chi connectivity index (χ4v) is 5.41. The third-order valence-electron chi connectivity index (χ3n) is 4.12. The summed E-state index contributed by atoms with van der Waals surface area (Å²) < 4.78 is 34.2. The van der Waals surface area contributed by atoms with Crippen molar-refractivity contribution in [1.82, 2.24) is 4.90 Å². The van der Waals surface area contributed by atoms with Crippen LogP contribution in [-0.2, 0) is 26.0 Å². The van der Waals surface area contributed by atoms with Crippen LogP contribution >= 0.6 is 27.3 Å². The largest absolute Gasteiger partial charge is 0.378 e.